The molecule has 1 atom stereocenters. The van der Waals surface area contributed by atoms with Crippen LogP contribution in [0.4, 0.5) is 5.69 Å². The van der Waals surface area contributed by atoms with Crippen molar-refractivity contribution in [2.45, 2.75) is 13.8 Å². The van der Waals surface area contributed by atoms with Crippen molar-refractivity contribution in [3.05, 3.63) is 43.0 Å². The van der Waals surface area contributed by atoms with E-state index in [0.717, 1.165) is 17.6 Å². The lowest BCUT2D eigenvalue weighted by Crippen LogP contribution is -3.00. The highest BCUT2D eigenvalue weighted by atomic mass is 79.9. The van der Waals surface area contributed by atoms with Gasteiger partial charge in [0.15, 0.2) is 0 Å². The van der Waals surface area contributed by atoms with E-state index in [1.165, 1.54) is 5.69 Å². The number of nitrogens with zero attached hydrogens (tertiary/aromatic N) is 1. The molecule has 2 heteroatoms. The van der Waals surface area contributed by atoms with Crippen molar-refractivity contribution in [3.8, 4) is 0 Å². The Bertz CT molecular complexity index is 308. The molecule has 0 bridgehead atoms. The van der Waals surface area contributed by atoms with Gasteiger partial charge in [-0.25, -0.2) is 0 Å². The van der Waals surface area contributed by atoms with E-state index in [9.17, 15) is 0 Å². The Morgan fingerprint density at radius 2 is 1.81 bits per heavy atom. The summed E-state index contributed by atoms with van der Waals surface area (Å²) in [6.45, 7) is 10.5. The fourth-order valence-corrected chi connectivity index (χ4v) is 2.16. The highest BCUT2D eigenvalue weighted by molar-refractivity contribution is 5.42. The predicted octanol–water partition coefficient (Wildman–Crippen LogP) is 0.470. The summed E-state index contributed by atoms with van der Waals surface area (Å²) in [6, 6.07) is 10.7. The summed E-state index contributed by atoms with van der Waals surface area (Å²) in [5, 5.41) is 0. The maximum Gasteiger partial charge on any atom is 0.132 e. The van der Waals surface area contributed by atoms with Crippen LogP contribution in [0.3, 0.4) is 0 Å². The van der Waals surface area contributed by atoms with Crippen LogP contribution in [-0.4, -0.2) is 20.1 Å². The van der Waals surface area contributed by atoms with Gasteiger partial charge in [0, 0.05) is 5.92 Å². The standard InChI is InChI=1S/C14H22N.BrH/c1-5-11-15(4,12-13(2)3)14-9-7-6-8-10-14;/h5-10,13H,1,11-12H2,2-4H3;1H/q+1;/p-1/t15-;/m0./s1. The highest BCUT2D eigenvalue weighted by Gasteiger charge is 2.24. The summed E-state index contributed by atoms with van der Waals surface area (Å²) < 4.78 is 0.946. The molecule has 0 aliphatic heterocycles. The molecule has 1 rings (SSSR count). The molecule has 0 N–H and O–H groups in total. The van der Waals surface area contributed by atoms with E-state index in [4.69, 9.17) is 0 Å². The van der Waals surface area contributed by atoms with E-state index >= 15 is 0 Å². The number of benzene rings is 1. The van der Waals surface area contributed by atoms with E-state index in [1.807, 2.05) is 6.08 Å². The van der Waals surface area contributed by atoms with Crippen molar-refractivity contribution >= 4 is 5.69 Å². The van der Waals surface area contributed by atoms with E-state index < -0.39 is 0 Å². The molecule has 1 nitrogen and oxygen atoms in total. The maximum absolute atomic E-state index is 3.86. The van der Waals surface area contributed by atoms with Crippen molar-refractivity contribution < 1.29 is 17.0 Å². The van der Waals surface area contributed by atoms with Gasteiger partial charge in [-0.2, -0.15) is 0 Å². The molecule has 0 aliphatic rings. The molecule has 1 aromatic rings. The maximum atomic E-state index is 3.86. The first-order valence-electron chi connectivity index (χ1n) is 5.59. The van der Waals surface area contributed by atoms with E-state index in [2.05, 4.69) is 57.8 Å². The molecule has 0 aliphatic carbocycles. The smallest absolute Gasteiger partial charge is 0.132 e. The Balaban J connectivity index is 0.00000225. The average Bonchev–Trinajstić information content (AvgIpc) is 2.18. The van der Waals surface area contributed by atoms with Gasteiger partial charge in [-0.3, -0.25) is 4.48 Å². The summed E-state index contributed by atoms with van der Waals surface area (Å²) in [5.41, 5.74) is 1.37. The first-order chi connectivity index (χ1) is 7.08. The topological polar surface area (TPSA) is 0 Å². The second-order valence-electron chi connectivity index (χ2n) is 4.78. The number of para-hydroxylation sites is 1. The van der Waals surface area contributed by atoms with Crippen LogP contribution >= 0.6 is 0 Å². The van der Waals surface area contributed by atoms with Gasteiger partial charge in [-0.1, -0.05) is 38.6 Å². The van der Waals surface area contributed by atoms with Gasteiger partial charge >= 0.3 is 0 Å². The van der Waals surface area contributed by atoms with Crippen LogP contribution in [-0.2, 0) is 0 Å². The molecule has 0 unspecified atom stereocenters. The molecule has 0 saturated heterocycles. The van der Waals surface area contributed by atoms with Crippen LogP contribution in [0.2, 0.25) is 0 Å². The van der Waals surface area contributed by atoms with Crippen LogP contribution in [0, 0.1) is 5.92 Å². The summed E-state index contributed by atoms with van der Waals surface area (Å²) >= 11 is 0. The fourth-order valence-electron chi connectivity index (χ4n) is 2.16. The normalized spacial score (nSPS) is 14.0. The second kappa shape index (κ2) is 6.87. The quantitative estimate of drug-likeness (QED) is 0.545. The molecule has 0 radical (unpaired) electrons. The molecule has 16 heavy (non-hydrogen) atoms. The van der Waals surface area contributed by atoms with Crippen molar-refractivity contribution in [1.82, 2.24) is 4.48 Å². The lowest BCUT2D eigenvalue weighted by molar-refractivity contribution is -0.00000352. The second-order valence-corrected chi connectivity index (χ2v) is 4.78. The van der Waals surface area contributed by atoms with Gasteiger partial charge < -0.3 is 17.0 Å². The van der Waals surface area contributed by atoms with E-state index in [1.54, 1.807) is 0 Å². The number of hydrogen-bond donors (Lipinski definition) is 0. The van der Waals surface area contributed by atoms with Crippen LogP contribution < -0.4 is 21.5 Å². The monoisotopic (exact) mass is 283 g/mol. The Labute approximate surface area is 110 Å². The largest absolute Gasteiger partial charge is 1.00 e. The molecule has 0 spiro atoms. The van der Waals surface area contributed by atoms with Gasteiger partial charge in [-0.05, 0) is 18.2 Å². The summed E-state index contributed by atoms with van der Waals surface area (Å²) in [5.74, 6) is 0.690. The van der Waals surface area contributed by atoms with Crippen molar-refractivity contribution in [3.63, 3.8) is 0 Å². The highest BCUT2D eigenvalue weighted by Crippen LogP contribution is 2.22. The minimum Gasteiger partial charge on any atom is -1.00 e. The molecule has 0 amide bonds. The predicted molar refractivity (Wildman–Crippen MR) is 68.9 cm³/mol. The molecular formula is C14H22BrN. The zero-order valence-corrected chi connectivity index (χ0v) is 12.1. The first-order valence-corrected chi connectivity index (χ1v) is 5.59. The number of quaternary nitrogens is 1. The van der Waals surface area contributed by atoms with Gasteiger partial charge in [0.05, 0.1) is 13.6 Å². The third-order valence-electron chi connectivity index (χ3n) is 2.68. The van der Waals surface area contributed by atoms with Crippen LogP contribution in [0.1, 0.15) is 13.8 Å². The van der Waals surface area contributed by atoms with Gasteiger partial charge in [0.2, 0.25) is 0 Å². The number of halogens is 1. The van der Waals surface area contributed by atoms with E-state index in [0.29, 0.717) is 5.92 Å². The Morgan fingerprint density at radius 3 is 2.25 bits per heavy atom. The molecule has 1 aromatic carbocycles. The lowest BCUT2D eigenvalue weighted by Gasteiger charge is -2.34. The molecule has 0 aromatic heterocycles. The van der Waals surface area contributed by atoms with Gasteiger partial charge in [0.25, 0.3) is 0 Å². The van der Waals surface area contributed by atoms with Crippen molar-refractivity contribution in [2.75, 3.05) is 20.1 Å². The summed E-state index contributed by atoms with van der Waals surface area (Å²) in [6.07, 6.45) is 2.01. The first kappa shape index (κ1) is 15.4. The lowest BCUT2D eigenvalue weighted by atomic mass is 10.1. The Kier molecular flexibility index (Phi) is 6.61. The summed E-state index contributed by atoms with van der Waals surface area (Å²) in [4.78, 5) is 0. The zero-order valence-electron chi connectivity index (χ0n) is 10.5. The van der Waals surface area contributed by atoms with Crippen LogP contribution in [0.25, 0.3) is 0 Å². The molecule has 0 fully saturated rings. The van der Waals surface area contributed by atoms with Gasteiger partial charge in [0.1, 0.15) is 12.2 Å². The van der Waals surface area contributed by atoms with Crippen molar-refractivity contribution in [2.24, 2.45) is 5.92 Å². The Hall–Kier alpha value is -0.600. The average molecular weight is 284 g/mol. The third-order valence-corrected chi connectivity index (χ3v) is 2.68. The molecule has 0 heterocycles. The summed E-state index contributed by atoms with van der Waals surface area (Å²) in [7, 11) is 2.27. The minimum absolute atomic E-state index is 0. The fraction of sp³-hybridized carbons (Fsp3) is 0.429. The zero-order chi connectivity index (χ0) is 11.3. The van der Waals surface area contributed by atoms with E-state index in [-0.39, 0.29) is 17.0 Å². The number of rotatable bonds is 5. The SMILES string of the molecule is C=CC[N@@+](C)(CC(C)C)c1ccccc1.[Br-]. The third kappa shape index (κ3) is 4.11. The number of hydrogen-bond acceptors (Lipinski definition) is 0. The van der Waals surface area contributed by atoms with Crippen LogP contribution in [0.5, 0.6) is 0 Å². The van der Waals surface area contributed by atoms with Gasteiger partial charge in [-0.15, -0.1) is 0 Å². The van der Waals surface area contributed by atoms with Crippen LogP contribution in [0.15, 0.2) is 43.0 Å². The molecule has 0 saturated carbocycles. The minimum atomic E-state index is 0. The molecule has 90 valence electrons. The number of likely N-dealkylation sites (N-methyl/N-ethyl adjacent to an activating group) is 1. The Morgan fingerprint density at radius 1 is 1.25 bits per heavy atom. The molecular weight excluding hydrogens is 262 g/mol. The van der Waals surface area contributed by atoms with Crippen molar-refractivity contribution in [1.29, 1.82) is 0 Å².